The van der Waals surface area contributed by atoms with Gasteiger partial charge in [0, 0.05) is 5.39 Å². The van der Waals surface area contributed by atoms with E-state index in [0.717, 1.165) is 20.5 Å². The SMILES string of the molecule is COc1cccc2c1sc1c(N)c(C(N)=O)oc12. The van der Waals surface area contributed by atoms with Crippen molar-refractivity contribution in [3.05, 3.63) is 24.0 Å². The minimum Gasteiger partial charge on any atom is -0.495 e. The Balaban J connectivity index is 2.44. The summed E-state index contributed by atoms with van der Waals surface area (Å²) in [6.45, 7) is 0. The number of ether oxygens (including phenoxy) is 1. The summed E-state index contributed by atoms with van der Waals surface area (Å²) in [6, 6.07) is 5.61. The Labute approximate surface area is 106 Å². The molecule has 3 aromatic rings. The second-order valence-corrected chi connectivity index (χ2v) is 4.83. The standard InChI is InChI=1S/C12H10N2O3S/c1-16-6-4-2-3-5-8-11(18-10(5)6)7(13)9(17-8)12(14)15/h2-4H,13H2,1H3,(H2,14,15). The molecule has 0 saturated heterocycles. The van der Waals surface area contributed by atoms with E-state index in [-0.39, 0.29) is 5.76 Å². The summed E-state index contributed by atoms with van der Waals surface area (Å²) in [5.74, 6) is 0.108. The molecule has 0 atom stereocenters. The minimum absolute atomic E-state index is 0.0148. The summed E-state index contributed by atoms with van der Waals surface area (Å²) in [6.07, 6.45) is 0. The van der Waals surface area contributed by atoms with E-state index in [9.17, 15) is 4.79 Å². The van der Waals surface area contributed by atoms with Crippen LogP contribution in [0.5, 0.6) is 5.75 Å². The Morgan fingerprint density at radius 1 is 1.39 bits per heavy atom. The molecule has 4 N–H and O–H groups in total. The van der Waals surface area contributed by atoms with Gasteiger partial charge in [-0.15, -0.1) is 11.3 Å². The first-order valence-electron chi connectivity index (χ1n) is 5.20. The molecular formula is C12H10N2O3S. The molecule has 0 aliphatic carbocycles. The van der Waals surface area contributed by atoms with Crippen molar-refractivity contribution in [1.29, 1.82) is 0 Å². The fourth-order valence-corrected chi connectivity index (χ4v) is 3.13. The highest BCUT2D eigenvalue weighted by Gasteiger charge is 2.21. The number of rotatable bonds is 2. The van der Waals surface area contributed by atoms with Crippen LogP contribution in [-0.4, -0.2) is 13.0 Å². The van der Waals surface area contributed by atoms with Crippen molar-refractivity contribution >= 4 is 43.3 Å². The van der Waals surface area contributed by atoms with Crippen molar-refractivity contribution in [2.75, 3.05) is 12.8 Å². The first kappa shape index (κ1) is 10.9. The monoisotopic (exact) mass is 262 g/mol. The zero-order valence-electron chi connectivity index (χ0n) is 9.52. The van der Waals surface area contributed by atoms with Crippen molar-refractivity contribution in [2.24, 2.45) is 5.73 Å². The second-order valence-electron chi connectivity index (χ2n) is 3.81. The summed E-state index contributed by atoms with van der Waals surface area (Å²) < 4.78 is 12.4. The van der Waals surface area contributed by atoms with Gasteiger partial charge in [0.15, 0.2) is 5.58 Å². The zero-order chi connectivity index (χ0) is 12.9. The first-order chi connectivity index (χ1) is 8.63. The topological polar surface area (TPSA) is 91.5 Å². The van der Waals surface area contributed by atoms with Crippen LogP contribution in [-0.2, 0) is 0 Å². The number of hydrogen-bond acceptors (Lipinski definition) is 5. The normalized spacial score (nSPS) is 11.2. The van der Waals surface area contributed by atoms with Crippen LogP contribution in [0.2, 0.25) is 0 Å². The third kappa shape index (κ3) is 1.29. The van der Waals surface area contributed by atoms with Crippen LogP contribution in [0.25, 0.3) is 20.4 Å². The molecule has 0 radical (unpaired) electrons. The Bertz CT molecular complexity index is 772. The van der Waals surface area contributed by atoms with Gasteiger partial charge in [0.2, 0.25) is 5.76 Å². The average molecular weight is 262 g/mol. The van der Waals surface area contributed by atoms with E-state index >= 15 is 0 Å². The highest BCUT2D eigenvalue weighted by atomic mass is 32.1. The number of amides is 1. The van der Waals surface area contributed by atoms with Crippen LogP contribution >= 0.6 is 11.3 Å². The number of methoxy groups -OCH3 is 1. The van der Waals surface area contributed by atoms with E-state index in [0.29, 0.717) is 11.3 Å². The molecule has 18 heavy (non-hydrogen) atoms. The molecule has 0 unspecified atom stereocenters. The number of primary amides is 1. The average Bonchev–Trinajstić information content (AvgIpc) is 2.87. The van der Waals surface area contributed by atoms with Crippen molar-refractivity contribution in [3.8, 4) is 5.75 Å². The maximum absolute atomic E-state index is 11.2. The summed E-state index contributed by atoms with van der Waals surface area (Å²) in [4.78, 5) is 11.2. The van der Waals surface area contributed by atoms with Crippen molar-refractivity contribution < 1.29 is 13.9 Å². The molecule has 6 heteroatoms. The number of nitrogen functional groups attached to an aromatic ring is 1. The highest BCUT2D eigenvalue weighted by Crippen LogP contribution is 2.43. The van der Waals surface area contributed by atoms with E-state index in [1.807, 2.05) is 18.2 Å². The molecule has 0 spiro atoms. The quantitative estimate of drug-likeness (QED) is 0.741. The Morgan fingerprint density at radius 3 is 2.83 bits per heavy atom. The van der Waals surface area contributed by atoms with Gasteiger partial charge in [-0.2, -0.15) is 0 Å². The lowest BCUT2D eigenvalue weighted by atomic mass is 10.2. The third-order valence-corrected chi connectivity index (χ3v) is 4.01. The third-order valence-electron chi connectivity index (χ3n) is 2.77. The molecule has 1 amide bonds. The molecule has 0 saturated carbocycles. The number of benzene rings is 1. The van der Waals surface area contributed by atoms with Gasteiger partial charge in [-0.05, 0) is 12.1 Å². The van der Waals surface area contributed by atoms with Crippen molar-refractivity contribution in [3.63, 3.8) is 0 Å². The Morgan fingerprint density at radius 2 is 2.17 bits per heavy atom. The van der Waals surface area contributed by atoms with E-state index in [4.69, 9.17) is 20.6 Å². The molecule has 5 nitrogen and oxygen atoms in total. The number of carbonyl (C=O) groups excluding carboxylic acids is 1. The Hall–Kier alpha value is -2.21. The van der Waals surface area contributed by atoms with E-state index < -0.39 is 5.91 Å². The summed E-state index contributed by atoms with van der Waals surface area (Å²) in [7, 11) is 1.61. The molecule has 2 aromatic heterocycles. The largest absolute Gasteiger partial charge is 0.495 e. The van der Waals surface area contributed by atoms with Gasteiger partial charge in [-0.1, -0.05) is 6.07 Å². The zero-order valence-corrected chi connectivity index (χ0v) is 10.3. The Kier molecular flexibility index (Phi) is 2.21. The van der Waals surface area contributed by atoms with Gasteiger partial charge in [-0.3, -0.25) is 4.79 Å². The number of nitrogens with two attached hydrogens (primary N) is 2. The van der Waals surface area contributed by atoms with Gasteiger partial charge in [0.1, 0.15) is 11.4 Å². The summed E-state index contributed by atoms with van der Waals surface area (Å²) in [5.41, 5.74) is 12.0. The number of anilines is 1. The molecule has 92 valence electrons. The van der Waals surface area contributed by atoms with Gasteiger partial charge in [-0.25, -0.2) is 0 Å². The number of furan rings is 1. The maximum Gasteiger partial charge on any atom is 0.286 e. The highest BCUT2D eigenvalue weighted by molar-refractivity contribution is 7.26. The second kappa shape index (κ2) is 3.64. The van der Waals surface area contributed by atoms with Crippen LogP contribution in [0, 0.1) is 0 Å². The van der Waals surface area contributed by atoms with Crippen LogP contribution in [0.1, 0.15) is 10.6 Å². The molecule has 0 fully saturated rings. The van der Waals surface area contributed by atoms with Crippen LogP contribution < -0.4 is 16.2 Å². The van der Waals surface area contributed by atoms with E-state index in [1.165, 1.54) is 11.3 Å². The lowest BCUT2D eigenvalue weighted by Gasteiger charge is -1.99. The van der Waals surface area contributed by atoms with Crippen LogP contribution in [0.15, 0.2) is 22.6 Å². The lowest BCUT2D eigenvalue weighted by molar-refractivity contribution is 0.0977. The predicted octanol–water partition coefficient (Wildman–Crippen LogP) is 2.34. The summed E-state index contributed by atoms with van der Waals surface area (Å²) in [5, 5.41) is 0.869. The number of hydrogen-bond donors (Lipinski definition) is 2. The fourth-order valence-electron chi connectivity index (χ4n) is 1.95. The molecule has 0 aliphatic rings. The van der Waals surface area contributed by atoms with Gasteiger partial charge >= 0.3 is 0 Å². The smallest absolute Gasteiger partial charge is 0.286 e. The van der Waals surface area contributed by atoms with Gasteiger partial charge in [0.05, 0.1) is 16.5 Å². The maximum atomic E-state index is 11.2. The fraction of sp³-hybridized carbons (Fsp3) is 0.0833. The van der Waals surface area contributed by atoms with Gasteiger partial charge in [0.25, 0.3) is 5.91 Å². The number of thiophene rings is 1. The molecule has 0 aliphatic heterocycles. The predicted molar refractivity (Wildman–Crippen MR) is 71.1 cm³/mol. The summed E-state index contributed by atoms with van der Waals surface area (Å²) >= 11 is 1.43. The van der Waals surface area contributed by atoms with E-state index in [2.05, 4.69) is 0 Å². The van der Waals surface area contributed by atoms with E-state index in [1.54, 1.807) is 7.11 Å². The first-order valence-corrected chi connectivity index (χ1v) is 6.02. The molecule has 0 bridgehead atoms. The number of fused-ring (bicyclic) bond motifs is 3. The van der Waals surface area contributed by atoms with Crippen LogP contribution in [0.3, 0.4) is 0 Å². The number of carbonyl (C=O) groups is 1. The lowest BCUT2D eigenvalue weighted by Crippen LogP contribution is -2.11. The molecular weight excluding hydrogens is 252 g/mol. The molecule has 2 heterocycles. The molecule has 1 aromatic carbocycles. The molecule has 3 rings (SSSR count). The van der Waals surface area contributed by atoms with Crippen LogP contribution in [0.4, 0.5) is 5.69 Å². The minimum atomic E-state index is -0.660. The van der Waals surface area contributed by atoms with Crippen molar-refractivity contribution in [2.45, 2.75) is 0 Å². The van der Waals surface area contributed by atoms with Gasteiger partial charge < -0.3 is 20.6 Å². The van der Waals surface area contributed by atoms with Crippen molar-refractivity contribution in [1.82, 2.24) is 0 Å².